The predicted molar refractivity (Wildman–Crippen MR) is 73.3 cm³/mol. The van der Waals surface area contributed by atoms with Crippen LogP contribution in [0.25, 0.3) is 0 Å². The van der Waals surface area contributed by atoms with Crippen molar-refractivity contribution in [3.05, 3.63) is 41.2 Å². The molecule has 0 bridgehead atoms. The summed E-state index contributed by atoms with van der Waals surface area (Å²) in [4.78, 5) is 6.42. The lowest BCUT2D eigenvalue weighted by Crippen LogP contribution is -2.26. The first-order valence-electron chi connectivity index (χ1n) is 5.61. The monoisotopic (exact) mass is 318 g/mol. The number of imidazole rings is 1. The highest BCUT2D eigenvalue weighted by atomic mass is 35.5. The molecule has 0 spiro atoms. The van der Waals surface area contributed by atoms with Crippen molar-refractivity contribution in [3.8, 4) is 0 Å². The van der Waals surface area contributed by atoms with E-state index < -0.39 is 15.8 Å². The zero-order valence-electron chi connectivity index (χ0n) is 10.2. The minimum absolute atomic E-state index is 0.151. The summed E-state index contributed by atoms with van der Waals surface area (Å²) in [7, 11) is -3.85. The van der Waals surface area contributed by atoms with Crippen molar-refractivity contribution in [1.82, 2.24) is 14.7 Å². The Morgan fingerprint density at radius 3 is 2.85 bits per heavy atom. The first-order chi connectivity index (χ1) is 9.40. The van der Waals surface area contributed by atoms with Crippen LogP contribution in [0.15, 0.2) is 29.6 Å². The smallest absolute Gasteiger partial charge is 0.242 e. The van der Waals surface area contributed by atoms with Crippen molar-refractivity contribution < 1.29 is 12.8 Å². The van der Waals surface area contributed by atoms with Crippen molar-refractivity contribution in [2.45, 2.75) is 11.3 Å². The molecule has 2 aromatic rings. The number of anilines is 1. The lowest BCUT2D eigenvalue weighted by Gasteiger charge is -2.09. The van der Waals surface area contributed by atoms with Gasteiger partial charge in [-0.2, -0.15) is 0 Å². The zero-order chi connectivity index (χ0) is 14.8. The zero-order valence-corrected chi connectivity index (χ0v) is 11.8. The van der Waals surface area contributed by atoms with E-state index in [2.05, 4.69) is 14.7 Å². The topological polar surface area (TPSA) is 101 Å². The summed E-state index contributed by atoms with van der Waals surface area (Å²) in [6, 6.07) is 1.87. The van der Waals surface area contributed by atoms with Gasteiger partial charge in [-0.25, -0.2) is 22.5 Å². The molecule has 0 aliphatic heterocycles. The Kier molecular flexibility index (Phi) is 4.26. The standard InChI is InChI=1S/C11H12ClFN4O2S/c12-8-3-9(13)10(14)4-11(8)20(18,19)17-2-1-7-5-15-6-16-7/h3-6,17H,1-2,14H2,(H,15,16). The largest absolute Gasteiger partial charge is 0.396 e. The van der Waals surface area contributed by atoms with Crippen LogP contribution in [0.2, 0.25) is 5.02 Å². The van der Waals surface area contributed by atoms with Gasteiger partial charge in [0.15, 0.2) is 0 Å². The molecule has 1 aromatic heterocycles. The van der Waals surface area contributed by atoms with Crippen LogP contribution >= 0.6 is 11.6 Å². The number of halogens is 2. The number of rotatable bonds is 5. The molecule has 6 nitrogen and oxygen atoms in total. The summed E-state index contributed by atoms with van der Waals surface area (Å²) < 4.78 is 39.6. The van der Waals surface area contributed by atoms with Crippen molar-refractivity contribution in [2.24, 2.45) is 0 Å². The van der Waals surface area contributed by atoms with E-state index >= 15 is 0 Å². The highest BCUT2D eigenvalue weighted by Crippen LogP contribution is 2.26. The van der Waals surface area contributed by atoms with E-state index in [-0.39, 0.29) is 22.2 Å². The molecule has 1 aromatic carbocycles. The highest BCUT2D eigenvalue weighted by Gasteiger charge is 2.19. The number of aromatic amines is 1. The van der Waals surface area contributed by atoms with Gasteiger partial charge in [-0.1, -0.05) is 11.6 Å². The summed E-state index contributed by atoms with van der Waals surface area (Å²) in [6.07, 6.45) is 3.53. The Morgan fingerprint density at radius 1 is 1.45 bits per heavy atom. The Bertz CT molecular complexity index is 703. The quantitative estimate of drug-likeness (QED) is 0.723. The fraction of sp³-hybridized carbons (Fsp3) is 0.182. The molecule has 0 fully saturated rings. The molecule has 0 amide bonds. The summed E-state index contributed by atoms with van der Waals surface area (Å²) in [5.41, 5.74) is 5.87. The van der Waals surface area contributed by atoms with Crippen LogP contribution in [0, 0.1) is 5.82 Å². The van der Waals surface area contributed by atoms with Crippen molar-refractivity contribution in [1.29, 1.82) is 0 Å². The Labute approximate surface area is 120 Å². The van der Waals surface area contributed by atoms with E-state index in [1.54, 1.807) is 6.20 Å². The van der Waals surface area contributed by atoms with Crippen molar-refractivity contribution >= 4 is 27.3 Å². The van der Waals surface area contributed by atoms with Crippen molar-refractivity contribution in [2.75, 3.05) is 12.3 Å². The molecule has 0 aliphatic carbocycles. The molecular weight excluding hydrogens is 307 g/mol. The van der Waals surface area contributed by atoms with Gasteiger partial charge in [-0.3, -0.25) is 0 Å². The fourth-order valence-corrected chi connectivity index (χ4v) is 3.15. The number of nitrogens with two attached hydrogens (primary N) is 1. The van der Waals surface area contributed by atoms with Crippen molar-refractivity contribution in [3.63, 3.8) is 0 Å². The van der Waals surface area contributed by atoms with E-state index in [0.717, 1.165) is 17.8 Å². The highest BCUT2D eigenvalue weighted by molar-refractivity contribution is 7.89. The van der Waals surface area contributed by atoms with Crippen LogP contribution in [-0.4, -0.2) is 24.9 Å². The van der Waals surface area contributed by atoms with E-state index in [0.29, 0.717) is 6.42 Å². The van der Waals surface area contributed by atoms with Gasteiger partial charge >= 0.3 is 0 Å². The molecule has 108 valence electrons. The number of nitrogens with zero attached hydrogens (tertiary/aromatic N) is 1. The van der Waals surface area contributed by atoms with Gasteiger partial charge in [0, 0.05) is 24.9 Å². The molecule has 0 saturated carbocycles. The van der Waals surface area contributed by atoms with Gasteiger partial charge in [0.25, 0.3) is 0 Å². The molecule has 9 heteroatoms. The third-order valence-corrected chi connectivity index (χ3v) is 4.51. The summed E-state index contributed by atoms with van der Waals surface area (Å²) in [5, 5.41) is -0.217. The molecule has 0 atom stereocenters. The number of hydrogen-bond donors (Lipinski definition) is 3. The number of aromatic nitrogens is 2. The summed E-state index contributed by atoms with van der Waals surface area (Å²) >= 11 is 5.73. The molecule has 4 N–H and O–H groups in total. The van der Waals surface area contributed by atoms with Gasteiger partial charge in [0.05, 0.1) is 17.0 Å². The van der Waals surface area contributed by atoms with Gasteiger partial charge in [0.2, 0.25) is 10.0 Å². The predicted octanol–water partition coefficient (Wildman–Crippen LogP) is 1.31. The molecule has 0 saturated heterocycles. The number of nitrogen functional groups attached to an aromatic ring is 1. The molecule has 0 aliphatic rings. The van der Waals surface area contributed by atoms with Crippen LogP contribution in [0.4, 0.5) is 10.1 Å². The van der Waals surface area contributed by atoms with E-state index in [1.807, 2.05) is 0 Å². The minimum atomic E-state index is -3.85. The van der Waals surface area contributed by atoms with Gasteiger partial charge in [0.1, 0.15) is 10.7 Å². The van der Waals surface area contributed by atoms with Crippen LogP contribution in [0.1, 0.15) is 5.69 Å². The van der Waals surface area contributed by atoms with E-state index in [1.165, 1.54) is 6.33 Å². The first kappa shape index (κ1) is 14.8. The van der Waals surface area contributed by atoms with Crippen LogP contribution in [-0.2, 0) is 16.4 Å². The Balaban J connectivity index is 2.12. The van der Waals surface area contributed by atoms with E-state index in [9.17, 15) is 12.8 Å². The van der Waals surface area contributed by atoms with Crippen LogP contribution < -0.4 is 10.5 Å². The maximum atomic E-state index is 13.1. The minimum Gasteiger partial charge on any atom is -0.396 e. The first-order valence-corrected chi connectivity index (χ1v) is 7.47. The third kappa shape index (κ3) is 3.27. The molecule has 20 heavy (non-hydrogen) atoms. The number of hydrogen-bond acceptors (Lipinski definition) is 4. The van der Waals surface area contributed by atoms with Gasteiger partial charge in [-0.05, 0) is 12.1 Å². The second-order valence-electron chi connectivity index (χ2n) is 4.03. The molecule has 0 unspecified atom stereocenters. The third-order valence-electron chi connectivity index (χ3n) is 2.58. The summed E-state index contributed by atoms with van der Waals surface area (Å²) in [5.74, 6) is -0.758. The summed E-state index contributed by atoms with van der Waals surface area (Å²) in [6.45, 7) is 0.151. The number of H-pyrrole nitrogens is 1. The molecule has 1 heterocycles. The number of nitrogens with one attached hydrogen (secondary N) is 2. The van der Waals surface area contributed by atoms with Crippen LogP contribution in [0.3, 0.4) is 0 Å². The lowest BCUT2D eigenvalue weighted by atomic mass is 10.3. The second-order valence-corrected chi connectivity index (χ2v) is 6.17. The van der Waals surface area contributed by atoms with Gasteiger partial charge < -0.3 is 10.7 Å². The number of benzene rings is 1. The average Bonchev–Trinajstić information content (AvgIpc) is 2.86. The van der Waals surface area contributed by atoms with Crippen LogP contribution in [0.5, 0.6) is 0 Å². The Hall–Kier alpha value is -1.64. The Morgan fingerprint density at radius 2 is 2.20 bits per heavy atom. The fourth-order valence-electron chi connectivity index (χ4n) is 1.57. The molecule has 0 radical (unpaired) electrons. The lowest BCUT2D eigenvalue weighted by molar-refractivity contribution is 0.580. The maximum Gasteiger partial charge on any atom is 0.242 e. The maximum absolute atomic E-state index is 13.1. The normalized spacial score (nSPS) is 11.7. The van der Waals surface area contributed by atoms with Gasteiger partial charge in [-0.15, -0.1) is 0 Å². The molecule has 2 rings (SSSR count). The molecular formula is C11H12ClFN4O2S. The number of sulfonamides is 1. The second kappa shape index (κ2) is 5.78. The average molecular weight is 319 g/mol. The SMILES string of the molecule is Nc1cc(S(=O)(=O)NCCc2cnc[nH]2)c(Cl)cc1F. The van der Waals surface area contributed by atoms with E-state index in [4.69, 9.17) is 17.3 Å².